The Morgan fingerprint density at radius 2 is 2.31 bits per heavy atom. The van der Waals surface area contributed by atoms with Crippen molar-refractivity contribution in [1.82, 2.24) is 10.1 Å². The molecule has 6 heteroatoms. The van der Waals surface area contributed by atoms with Crippen molar-refractivity contribution in [3.8, 4) is 0 Å². The third-order valence-corrected chi connectivity index (χ3v) is 2.16. The summed E-state index contributed by atoms with van der Waals surface area (Å²) in [5.41, 5.74) is 0. The van der Waals surface area contributed by atoms with E-state index in [0.717, 1.165) is 0 Å². The fourth-order valence-corrected chi connectivity index (χ4v) is 1.09. The first-order valence-electron chi connectivity index (χ1n) is 3.56. The van der Waals surface area contributed by atoms with Crippen molar-refractivity contribution in [1.29, 1.82) is 0 Å². The van der Waals surface area contributed by atoms with E-state index in [9.17, 15) is 4.79 Å². The molecule has 0 fully saturated rings. The third kappa shape index (κ3) is 1.88. The Labute approximate surface area is 83.6 Å². The van der Waals surface area contributed by atoms with Gasteiger partial charge >= 0.3 is 5.97 Å². The van der Waals surface area contributed by atoms with E-state index in [1.54, 1.807) is 13.8 Å². The van der Waals surface area contributed by atoms with Gasteiger partial charge < -0.3 is 9.26 Å². The lowest BCUT2D eigenvalue weighted by Gasteiger charge is -2.13. The molecule has 13 heavy (non-hydrogen) atoms. The number of nitrogens with zero attached hydrogens (tertiary/aromatic N) is 2. The predicted octanol–water partition coefficient (Wildman–Crippen LogP) is 1.16. The summed E-state index contributed by atoms with van der Waals surface area (Å²) in [4.78, 5) is 15.2. The summed E-state index contributed by atoms with van der Waals surface area (Å²) in [6.45, 7) is 3.26. The highest BCUT2D eigenvalue weighted by Gasteiger charge is 2.39. The van der Waals surface area contributed by atoms with E-state index in [1.807, 2.05) is 0 Å². The maximum atomic E-state index is 11.2. The molecule has 0 spiro atoms. The number of ether oxygens (including phenoxy) is 1. The Kier molecular flexibility index (Phi) is 2.70. The summed E-state index contributed by atoms with van der Waals surface area (Å²) in [5.74, 6) is 0.192. The Morgan fingerprint density at radius 3 is 2.69 bits per heavy atom. The molecule has 1 aromatic rings. The molecule has 0 aliphatic carbocycles. The van der Waals surface area contributed by atoms with Crippen molar-refractivity contribution in [3.05, 3.63) is 11.7 Å². The Morgan fingerprint density at radius 1 is 1.69 bits per heavy atom. The molecule has 0 aromatic carbocycles. The SMILES string of the molecule is COC(=O)[C@](C)(Br)c1nc(C)no1. The van der Waals surface area contributed by atoms with Crippen LogP contribution in [0.25, 0.3) is 0 Å². The number of rotatable bonds is 2. The van der Waals surface area contributed by atoms with Crippen LogP contribution in [0, 0.1) is 6.92 Å². The van der Waals surface area contributed by atoms with Crippen LogP contribution in [0.5, 0.6) is 0 Å². The van der Waals surface area contributed by atoms with Crippen LogP contribution in [0.3, 0.4) is 0 Å². The number of aryl methyl sites for hydroxylation is 1. The molecule has 0 unspecified atom stereocenters. The molecule has 0 aliphatic heterocycles. The lowest BCUT2D eigenvalue weighted by atomic mass is 10.2. The molecule has 0 radical (unpaired) electrons. The Hall–Kier alpha value is -0.910. The number of alkyl halides is 1. The van der Waals surface area contributed by atoms with Gasteiger partial charge in [0.25, 0.3) is 5.89 Å². The summed E-state index contributed by atoms with van der Waals surface area (Å²) in [6, 6.07) is 0. The highest BCUT2D eigenvalue weighted by atomic mass is 79.9. The minimum absolute atomic E-state index is 0.192. The number of esters is 1. The van der Waals surface area contributed by atoms with E-state index in [4.69, 9.17) is 4.52 Å². The second-order valence-electron chi connectivity index (χ2n) is 2.64. The van der Waals surface area contributed by atoms with Crippen LogP contribution in [0.1, 0.15) is 18.6 Å². The van der Waals surface area contributed by atoms with Crippen molar-refractivity contribution < 1.29 is 14.1 Å². The first-order chi connectivity index (χ1) is 5.98. The van der Waals surface area contributed by atoms with Gasteiger partial charge in [0, 0.05) is 0 Å². The number of aromatic nitrogens is 2. The standard InChI is InChI=1S/C7H9BrN2O3/c1-4-9-5(13-10-4)7(2,8)6(11)12-3/h1-3H3/t7-/m1/s1. The largest absolute Gasteiger partial charge is 0.468 e. The van der Waals surface area contributed by atoms with Crippen molar-refractivity contribution >= 4 is 21.9 Å². The van der Waals surface area contributed by atoms with E-state index in [0.29, 0.717) is 5.82 Å². The highest BCUT2D eigenvalue weighted by Crippen LogP contribution is 2.30. The van der Waals surface area contributed by atoms with E-state index < -0.39 is 10.3 Å². The van der Waals surface area contributed by atoms with Crippen molar-refractivity contribution in [2.24, 2.45) is 0 Å². The molecule has 0 saturated heterocycles. The molecule has 1 rings (SSSR count). The topological polar surface area (TPSA) is 65.2 Å². The molecule has 72 valence electrons. The summed E-state index contributed by atoms with van der Waals surface area (Å²) in [7, 11) is 1.30. The van der Waals surface area contributed by atoms with E-state index >= 15 is 0 Å². The molecule has 0 amide bonds. The summed E-state index contributed by atoms with van der Waals surface area (Å²) in [6.07, 6.45) is 0. The zero-order chi connectivity index (χ0) is 10.1. The van der Waals surface area contributed by atoms with Crippen LogP contribution >= 0.6 is 15.9 Å². The van der Waals surface area contributed by atoms with Gasteiger partial charge in [-0.3, -0.25) is 0 Å². The minimum Gasteiger partial charge on any atom is -0.468 e. The van der Waals surface area contributed by atoms with Crippen LogP contribution in [-0.4, -0.2) is 23.2 Å². The predicted molar refractivity (Wildman–Crippen MR) is 47.3 cm³/mol. The first kappa shape index (κ1) is 10.2. The summed E-state index contributed by atoms with van der Waals surface area (Å²) in [5, 5.41) is 3.58. The van der Waals surface area contributed by atoms with Gasteiger partial charge in [-0.15, -0.1) is 0 Å². The Bertz CT molecular complexity index is 321. The smallest absolute Gasteiger partial charge is 0.332 e. The molecule has 0 bridgehead atoms. The first-order valence-corrected chi connectivity index (χ1v) is 4.36. The maximum absolute atomic E-state index is 11.2. The lowest BCUT2D eigenvalue weighted by molar-refractivity contribution is -0.143. The minimum atomic E-state index is -1.07. The van der Waals surface area contributed by atoms with Crippen LogP contribution in [0.2, 0.25) is 0 Å². The molecule has 0 aliphatic rings. The molecule has 1 aromatic heterocycles. The van der Waals surface area contributed by atoms with Gasteiger partial charge in [0.15, 0.2) is 10.1 Å². The van der Waals surface area contributed by atoms with Gasteiger partial charge in [-0.2, -0.15) is 4.98 Å². The number of hydrogen-bond donors (Lipinski definition) is 0. The highest BCUT2D eigenvalue weighted by molar-refractivity contribution is 9.10. The maximum Gasteiger partial charge on any atom is 0.332 e. The van der Waals surface area contributed by atoms with Crippen LogP contribution in [-0.2, 0) is 13.9 Å². The monoisotopic (exact) mass is 248 g/mol. The number of methoxy groups -OCH3 is 1. The summed E-state index contributed by atoms with van der Waals surface area (Å²) >= 11 is 3.16. The van der Waals surface area contributed by atoms with Gasteiger partial charge in [0.1, 0.15) is 0 Å². The average molecular weight is 249 g/mol. The zero-order valence-corrected chi connectivity index (χ0v) is 9.08. The second kappa shape index (κ2) is 3.45. The number of carbonyl (C=O) groups is 1. The molecule has 1 heterocycles. The quantitative estimate of drug-likeness (QED) is 0.581. The van der Waals surface area contributed by atoms with Crippen molar-refractivity contribution in [3.63, 3.8) is 0 Å². The van der Waals surface area contributed by atoms with Crippen molar-refractivity contribution in [2.75, 3.05) is 7.11 Å². The molecular formula is C7H9BrN2O3. The lowest BCUT2D eigenvalue weighted by Crippen LogP contribution is -2.27. The van der Waals surface area contributed by atoms with Crippen LogP contribution in [0.15, 0.2) is 4.52 Å². The van der Waals surface area contributed by atoms with Crippen LogP contribution < -0.4 is 0 Å². The zero-order valence-electron chi connectivity index (χ0n) is 7.50. The summed E-state index contributed by atoms with van der Waals surface area (Å²) < 4.78 is 8.34. The molecule has 0 saturated carbocycles. The average Bonchev–Trinajstić information content (AvgIpc) is 2.50. The fourth-order valence-electron chi connectivity index (χ4n) is 0.767. The van der Waals surface area contributed by atoms with E-state index in [1.165, 1.54) is 7.11 Å². The van der Waals surface area contributed by atoms with Gasteiger partial charge in [0.05, 0.1) is 7.11 Å². The molecular weight excluding hydrogens is 240 g/mol. The fraction of sp³-hybridized carbons (Fsp3) is 0.571. The van der Waals surface area contributed by atoms with Crippen LogP contribution in [0.4, 0.5) is 0 Å². The Balaban J connectivity index is 2.99. The molecule has 5 nitrogen and oxygen atoms in total. The van der Waals surface area contributed by atoms with Gasteiger partial charge in [-0.25, -0.2) is 4.79 Å². The van der Waals surface area contributed by atoms with Gasteiger partial charge in [-0.1, -0.05) is 21.1 Å². The van der Waals surface area contributed by atoms with Crippen molar-refractivity contribution in [2.45, 2.75) is 18.2 Å². The number of hydrogen-bond acceptors (Lipinski definition) is 5. The van der Waals surface area contributed by atoms with Gasteiger partial charge in [0.2, 0.25) is 0 Å². The number of carbonyl (C=O) groups excluding carboxylic acids is 1. The second-order valence-corrected chi connectivity index (χ2v) is 4.23. The van der Waals surface area contributed by atoms with E-state index in [2.05, 4.69) is 30.8 Å². The number of halogens is 1. The molecule has 0 N–H and O–H groups in total. The third-order valence-electron chi connectivity index (χ3n) is 1.50. The van der Waals surface area contributed by atoms with E-state index in [-0.39, 0.29) is 5.89 Å². The normalized spacial score (nSPS) is 15.1. The molecule has 1 atom stereocenters. The van der Waals surface area contributed by atoms with Gasteiger partial charge in [-0.05, 0) is 13.8 Å².